The third-order valence-electron chi connectivity index (χ3n) is 3.28. The van der Waals surface area contributed by atoms with E-state index < -0.39 is 0 Å². The molecule has 0 spiro atoms. The van der Waals surface area contributed by atoms with E-state index in [0.29, 0.717) is 33.8 Å². The number of carbonyl (C=O) groups excluding carboxylic acids is 1. The normalized spacial score (nSPS) is 10.5. The van der Waals surface area contributed by atoms with Gasteiger partial charge in [-0.15, -0.1) is 0 Å². The number of hydrogen-bond acceptors (Lipinski definition) is 7. The lowest BCUT2D eigenvalue weighted by molar-refractivity contribution is 0.0601. The molecule has 0 atom stereocenters. The molecule has 7 nitrogen and oxygen atoms in total. The van der Waals surface area contributed by atoms with Crippen LogP contribution in [0.1, 0.15) is 10.4 Å². The summed E-state index contributed by atoms with van der Waals surface area (Å²) in [4.78, 5) is 20.1. The van der Waals surface area contributed by atoms with Gasteiger partial charge in [0.15, 0.2) is 0 Å². The van der Waals surface area contributed by atoms with E-state index in [1.54, 1.807) is 42.6 Å². The highest BCUT2D eigenvalue weighted by atomic mass is 16.5. The molecular formula is C16H15N5O2. The van der Waals surface area contributed by atoms with Crippen molar-refractivity contribution in [3.8, 4) is 0 Å². The zero-order valence-electron chi connectivity index (χ0n) is 12.4. The van der Waals surface area contributed by atoms with Gasteiger partial charge in [-0.3, -0.25) is 4.98 Å². The number of rotatable bonds is 3. The van der Waals surface area contributed by atoms with E-state index in [1.807, 2.05) is 0 Å². The number of aromatic nitrogens is 2. The first-order chi connectivity index (χ1) is 11.1. The third-order valence-corrected chi connectivity index (χ3v) is 3.28. The van der Waals surface area contributed by atoms with E-state index >= 15 is 0 Å². The second kappa shape index (κ2) is 5.80. The Morgan fingerprint density at radius 2 is 1.91 bits per heavy atom. The van der Waals surface area contributed by atoms with E-state index in [2.05, 4.69) is 20.0 Å². The second-order valence-corrected chi connectivity index (χ2v) is 4.93. The minimum Gasteiger partial charge on any atom is -0.465 e. The van der Waals surface area contributed by atoms with Crippen LogP contribution in [0.5, 0.6) is 0 Å². The molecule has 0 aliphatic rings. The number of methoxy groups -OCH3 is 1. The molecule has 0 radical (unpaired) electrons. The number of ether oxygens (including phenoxy) is 1. The van der Waals surface area contributed by atoms with Crippen molar-refractivity contribution in [1.29, 1.82) is 0 Å². The number of hydrogen-bond donors (Lipinski definition) is 3. The Morgan fingerprint density at radius 1 is 1.17 bits per heavy atom. The molecule has 0 saturated carbocycles. The summed E-state index contributed by atoms with van der Waals surface area (Å²) in [6, 6.07) is 10.2. The highest BCUT2D eigenvalue weighted by Gasteiger charge is 2.07. The van der Waals surface area contributed by atoms with Gasteiger partial charge in [-0.2, -0.15) is 0 Å². The fourth-order valence-corrected chi connectivity index (χ4v) is 2.18. The van der Waals surface area contributed by atoms with Crippen molar-refractivity contribution < 1.29 is 9.53 Å². The predicted molar refractivity (Wildman–Crippen MR) is 89.4 cm³/mol. The summed E-state index contributed by atoms with van der Waals surface area (Å²) >= 11 is 0. The van der Waals surface area contributed by atoms with Crippen LogP contribution >= 0.6 is 0 Å². The van der Waals surface area contributed by atoms with Crippen LogP contribution in [0.2, 0.25) is 0 Å². The van der Waals surface area contributed by atoms with Crippen LogP contribution in [0.3, 0.4) is 0 Å². The number of benzene rings is 2. The van der Waals surface area contributed by atoms with Gasteiger partial charge in [0.25, 0.3) is 0 Å². The number of fused-ring (bicyclic) bond motifs is 1. The smallest absolute Gasteiger partial charge is 0.337 e. The standard InChI is InChI=1S/C16H15N5O2/c1-23-16(22)9-2-4-11(5-3-9)20-14-8-19-13-7-10(17)6-12(18)15(13)21-14/h2-8H,17-18H2,1H3,(H,20,21). The molecule has 2 aromatic carbocycles. The molecule has 5 N–H and O–H groups in total. The van der Waals surface area contributed by atoms with Crippen LogP contribution < -0.4 is 16.8 Å². The molecule has 0 aliphatic carbocycles. The van der Waals surface area contributed by atoms with Crippen LogP contribution in [0.25, 0.3) is 11.0 Å². The molecule has 1 heterocycles. The Bertz CT molecular complexity index is 878. The summed E-state index contributed by atoms with van der Waals surface area (Å²) in [5.41, 5.74) is 15.1. The van der Waals surface area contributed by atoms with E-state index in [1.165, 1.54) is 7.11 Å². The van der Waals surface area contributed by atoms with Crippen LogP contribution in [-0.4, -0.2) is 23.0 Å². The van der Waals surface area contributed by atoms with E-state index in [-0.39, 0.29) is 5.97 Å². The van der Waals surface area contributed by atoms with Crippen molar-refractivity contribution in [2.75, 3.05) is 23.9 Å². The highest BCUT2D eigenvalue weighted by molar-refractivity contribution is 5.91. The Kier molecular flexibility index (Phi) is 3.68. The van der Waals surface area contributed by atoms with E-state index in [9.17, 15) is 4.79 Å². The van der Waals surface area contributed by atoms with E-state index in [0.717, 1.165) is 5.69 Å². The van der Waals surface area contributed by atoms with Gasteiger partial charge < -0.3 is 21.5 Å². The lowest BCUT2D eigenvalue weighted by atomic mass is 10.2. The fraction of sp³-hybridized carbons (Fsp3) is 0.0625. The summed E-state index contributed by atoms with van der Waals surface area (Å²) in [6.45, 7) is 0. The van der Waals surface area contributed by atoms with Crippen molar-refractivity contribution in [1.82, 2.24) is 9.97 Å². The highest BCUT2D eigenvalue weighted by Crippen LogP contribution is 2.23. The van der Waals surface area contributed by atoms with Crippen molar-refractivity contribution in [3.05, 3.63) is 48.2 Å². The number of nitrogens with one attached hydrogen (secondary N) is 1. The quantitative estimate of drug-likeness (QED) is 0.502. The number of nitrogen functional groups attached to an aromatic ring is 2. The molecule has 0 unspecified atom stereocenters. The molecular weight excluding hydrogens is 294 g/mol. The Hall–Kier alpha value is -3.35. The molecule has 0 saturated heterocycles. The summed E-state index contributed by atoms with van der Waals surface area (Å²) in [6.07, 6.45) is 1.59. The number of nitrogens with two attached hydrogens (primary N) is 2. The molecule has 1 aromatic heterocycles. The Labute approximate surface area is 132 Å². The van der Waals surface area contributed by atoms with Crippen LogP contribution in [-0.2, 0) is 4.74 Å². The molecule has 116 valence electrons. The van der Waals surface area contributed by atoms with Crippen molar-refractivity contribution in [2.45, 2.75) is 0 Å². The van der Waals surface area contributed by atoms with Gasteiger partial charge in [-0.05, 0) is 36.4 Å². The van der Waals surface area contributed by atoms with Crippen molar-refractivity contribution >= 4 is 39.9 Å². The summed E-state index contributed by atoms with van der Waals surface area (Å²) in [5, 5.41) is 3.11. The molecule has 3 rings (SSSR count). The molecule has 23 heavy (non-hydrogen) atoms. The number of esters is 1. The van der Waals surface area contributed by atoms with Gasteiger partial charge in [0.1, 0.15) is 11.3 Å². The summed E-state index contributed by atoms with van der Waals surface area (Å²) < 4.78 is 4.66. The lowest BCUT2D eigenvalue weighted by Gasteiger charge is -2.08. The van der Waals surface area contributed by atoms with Gasteiger partial charge in [0.05, 0.1) is 30.1 Å². The number of anilines is 4. The van der Waals surface area contributed by atoms with Gasteiger partial charge in [-0.25, -0.2) is 9.78 Å². The average Bonchev–Trinajstić information content (AvgIpc) is 2.55. The third kappa shape index (κ3) is 2.98. The minimum atomic E-state index is -0.382. The number of carbonyl (C=O) groups is 1. The Morgan fingerprint density at radius 3 is 2.61 bits per heavy atom. The Balaban J connectivity index is 1.88. The van der Waals surface area contributed by atoms with Gasteiger partial charge in [0.2, 0.25) is 0 Å². The molecule has 0 fully saturated rings. The SMILES string of the molecule is COC(=O)c1ccc(Nc2cnc3cc(N)cc(N)c3n2)cc1. The van der Waals surface area contributed by atoms with Crippen LogP contribution in [0.15, 0.2) is 42.6 Å². The lowest BCUT2D eigenvalue weighted by Crippen LogP contribution is -2.02. The maximum absolute atomic E-state index is 11.4. The van der Waals surface area contributed by atoms with Gasteiger partial charge in [0, 0.05) is 11.4 Å². The summed E-state index contributed by atoms with van der Waals surface area (Å²) in [5.74, 6) is 0.159. The first-order valence-corrected chi connectivity index (χ1v) is 6.84. The predicted octanol–water partition coefficient (Wildman–Crippen LogP) is 2.32. The first-order valence-electron chi connectivity index (χ1n) is 6.84. The second-order valence-electron chi connectivity index (χ2n) is 4.93. The maximum Gasteiger partial charge on any atom is 0.337 e. The zero-order chi connectivity index (χ0) is 16.4. The van der Waals surface area contributed by atoms with Crippen molar-refractivity contribution in [3.63, 3.8) is 0 Å². The van der Waals surface area contributed by atoms with Crippen molar-refractivity contribution in [2.24, 2.45) is 0 Å². The van der Waals surface area contributed by atoms with Crippen LogP contribution in [0.4, 0.5) is 22.9 Å². The van der Waals surface area contributed by atoms with E-state index in [4.69, 9.17) is 11.5 Å². The maximum atomic E-state index is 11.4. The molecule has 0 amide bonds. The molecule has 0 aliphatic heterocycles. The molecule has 3 aromatic rings. The average molecular weight is 309 g/mol. The largest absolute Gasteiger partial charge is 0.465 e. The fourth-order valence-electron chi connectivity index (χ4n) is 2.18. The molecule has 7 heteroatoms. The zero-order valence-corrected chi connectivity index (χ0v) is 12.4. The number of nitrogens with zero attached hydrogens (tertiary/aromatic N) is 2. The van der Waals surface area contributed by atoms with Crippen LogP contribution in [0, 0.1) is 0 Å². The topological polar surface area (TPSA) is 116 Å². The summed E-state index contributed by atoms with van der Waals surface area (Å²) in [7, 11) is 1.34. The first kappa shape index (κ1) is 14.6. The minimum absolute atomic E-state index is 0.382. The van der Waals surface area contributed by atoms with Gasteiger partial charge in [-0.1, -0.05) is 0 Å². The van der Waals surface area contributed by atoms with Gasteiger partial charge >= 0.3 is 5.97 Å². The monoisotopic (exact) mass is 309 g/mol. The molecule has 0 bridgehead atoms.